The summed E-state index contributed by atoms with van der Waals surface area (Å²) >= 11 is 0. The number of nitrogens with zero attached hydrogens (tertiary/aromatic N) is 1. The molecule has 0 aromatic rings. The molecule has 5 heteroatoms. The van der Waals surface area contributed by atoms with Crippen LogP contribution >= 0.6 is 0 Å². The third kappa shape index (κ3) is 2.35. The van der Waals surface area contributed by atoms with E-state index in [0.717, 1.165) is 13.1 Å². The smallest absolute Gasteiger partial charge is 0.228 e. The summed E-state index contributed by atoms with van der Waals surface area (Å²) < 4.78 is 12.3. The minimum Gasteiger partial charge on any atom is -0.393 e. The van der Waals surface area contributed by atoms with E-state index in [1.165, 1.54) is 0 Å². The van der Waals surface area contributed by atoms with Crippen molar-refractivity contribution in [3.8, 4) is 0 Å². The second-order valence-electron chi connectivity index (χ2n) is 4.73. The topological polar surface area (TPSA) is 52.6 Å². The number of aliphatic hydroxyl groups excluding tert-OH is 1. The highest BCUT2D eigenvalue weighted by molar-refractivity contribution is 5.80. The molecule has 0 aromatic carbocycles. The molecule has 0 saturated carbocycles. The quantitative estimate of drug-likeness (QED) is 0.704. The van der Waals surface area contributed by atoms with Crippen molar-refractivity contribution in [2.75, 3.05) is 32.9 Å². The molecule has 16 heavy (non-hydrogen) atoms. The van der Waals surface area contributed by atoms with E-state index in [0.29, 0.717) is 25.9 Å². The van der Waals surface area contributed by atoms with E-state index in [4.69, 9.17) is 0 Å². The Morgan fingerprint density at radius 1 is 1.50 bits per heavy atom. The van der Waals surface area contributed by atoms with Crippen molar-refractivity contribution >= 4 is 5.91 Å². The number of likely N-dealkylation sites (tertiary alicyclic amines) is 1. The van der Waals surface area contributed by atoms with Crippen LogP contribution in [-0.2, 0) is 4.79 Å². The van der Waals surface area contributed by atoms with E-state index < -0.39 is 12.8 Å². The zero-order chi connectivity index (χ0) is 11.5. The van der Waals surface area contributed by atoms with Crippen LogP contribution in [0.4, 0.5) is 4.39 Å². The Labute approximate surface area is 94.8 Å². The SMILES string of the molecule is O=C(C1CNC1)N1CC[C@@H](O)[C@@H](CCF)C1. The Morgan fingerprint density at radius 2 is 2.25 bits per heavy atom. The van der Waals surface area contributed by atoms with E-state index >= 15 is 0 Å². The minimum absolute atomic E-state index is 0.0873. The average molecular weight is 230 g/mol. The van der Waals surface area contributed by atoms with E-state index in [1.54, 1.807) is 4.90 Å². The lowest BCUT2D eigenvalue weighted by molar-refractivity contribution is -0.141. The second-order valence-corrected chi connectivity index (χ2v) is 4.73. The van der Waals surface area contributed by atoms with Crippen molar-refractivity contribution in [2.24, 2.45) is 11.8 Å². The summed E-state index contributed by atoms with van der Waals surface area (Å²) in [6.45, 7) is 2.21. The Bertz CT molecular complexity index is 258. The number of halogens is 1. The number of alkyl halides is 1. The molecular weight excluding hydrogens is 211 g/mol. The van der Waals surface area contributed by atoms with E-state index in [2.05, 4.69) is 5.32 Å². The maximum absolute atomic E-state index is 12.3. The van der Waals surface area contributed by atoms with Gasteiger partial charge in [-0.15, -0.1) is 0 Å². The second kappa shape index (κ2) is 5.10. The van der Waals surface area contributed by atoms with Crippen molar-refractivity contribution in [3.05, 3.63) is 0 Å². The number of hydrogen-bond acceptors (Lipinski definition) is 3. The van der Waals surface area contributed by atoms with E-state index in [9.17, 15) is 14.3 Å². The number of hydrogen-bond donors (Lipinski definition) is 2. The molecule has 2 atom stereocenters. The van der Waals surface area contributed by atoms with Crippen molar-refractivity contribution in [3.63, 3.8) is 0 Å². The van der Waals surface area contributed by atoms with Gasteiger partial charge in [-0.05, 0) is 12.8 Å². The first kappa shape index (κ1) is 11.8. The first-order valence-electron chi connectivity index (χ1n) is 5.96. The summed E-state index contributed by atoms with van der Waals surface area (Å²) in [5.41, 5.74) is 0. The fourth-order valence-electron chi connectivity index (χ4n) is 2.37. The normalized spacial score (nSPS) is 31.2. The molecule has 0 unspecified atom stereocenters. The van der Waals surface area contributed by atoms with Crippen LogP contribution in [0.3, 0.4) is 0 Å². The fraction of sp³-hybridized carbons (Fsp3) is 0.909. The molecule has 0 bridgehead atoms. The average Bonchev–Trinajstić information content (AvgIpc) is 2.19. The van der Waals surface area contributed by atoms with Gasteiger partial charge in [0.05, 0.1) is 18.7 Å². The monoisotopic (exact) mass is 230 g/mol. The number of rotatable bonds is 3. The highest BCUT2D eigenvalue weighted by Crippen LogP contribution is 2.22. The third-order valence-corrected chi connectivity index (χ3v) is 3.62. The molecule has 1 amide bonds. The van der Waals surface area contributed by atoms with Gasteiger partial charge in [0.1, 0.15) is 0 Å². The predicted octanol–water partition coefficient (Wildman–Crippen LogP) is -0.225. The van der Waals surface area contributed by atoms with Gasteiger partial charge in [0.15, 0.2) is 0 Å². The number of carbonyl (C=O) groups excluding carboxylic acids is 1. The summed E-state index contributed by atoms with van der Waals surface area (Å²) in [7, 11) is 0. The number of aliphatic hydroxyl groups is 1. The van der Waals surface area contributed by atoms with Gasteiger partial charge < -0.3 is 15.3 Å². The van der Waals surface area contributed by atoms with Gasteiger partial charge >= 0.3 is 0 Å². The first-order chi connectivity index (χ1) is 7.72. The summed E-state index contributed by atoms with van der Waals surface area (Å²) in [6, 6.07) is 0. The summed E-state index contributed by atoms with van der Waals surface area (Å²) in [5, 5.41) is 12.8. The summed E-state index contributed by atoms with van der Waals surface area (Å²) in [5.74, 6) is 0.173. The molecule has 2 N–H and O–H groups in total. The molecule has 2 heterocycles. The van der Waals surface area contributed by atoms with Gasteiger partial charge in [0.25, 0.3) is 0 Å². The lowest BCUT2D eigenvalue weighted by Gasteiger charge is -2.39. The van der Waals surface area contributed by atoms with Crippen LogP contribution in [-0.4, -0.2) is 54.9 Å². The fourth-order valence-corrected chi connectivity index (χ4v) is 2.37. The third-order valence-electron chi connectivity index (χ3n) is 3.62. The van der Waals surface area contributed by atoms with E-state index in [1.807, 2.05) is 0 Å². The molecule has 2 aliphatic rings. The first-order valence-corrected chi connectivity index (χ1v) is 5.96. The van der Waals surface area contributed by atoms with Crippen molar-refractivity contribution < 1.29 is 14.3 Å². The highest BCUT2D eigenvalue weighted by atomic mass is 19.1. The van der Waals surface area contributed by atoms with E-state index in [-0.39, 0.29) is 17.7 Å². The zero-order valence-electron chi connectivity index (χ0n) is 9.36. The Kier molecular flexibility index (Phi) is 3.76. The van der Waals surface area contributed by atoms with Crippen LogP contribution in [0.2, 0.25) is 0 Å². The highest BCUT2D eigenvalue weighted by Gasteiger charge is 2.34. The maximum atomic E-state index is 12.3. The molecular formula is C11H19FN2O2. The Morgan fingerprint density at radius 3 is 2.81 bits per heavy atom. The van der Waals surface area contributed by atoms with Crippen molar-refractivity contribution in [1.82, 2.24) is 10.2 Å². The molecule has 2 aliphatic heterocycles. The van der Waals surface area contributed by atoms with Crippen LogP contribution in [0, 0.1) is 11.8 Å². The number of nitrogens with one attached hydrogen (secondary N) is 1. The number of amides is 1. The molecule has 0 radical (unpaired) electrons. The van der Waals surface area contributed by atoms with Gasteiger partial charge in [-0.25, -0.2) is 0 Å². The van der Waals surface area contributed by atoms with Crippen molar-refractivity contribution in [1.29, 1.82) is 0 Å². The molecule has 0 aliphatic carbocycles. The van der Waals surface area contributed by atoms with Crippen LogP contribution in [0.5, 0.6) is 0 Å². The summed E-state index contributed by atoms with van der Waals surface area (Å²) in [6.07, 6.45) is 0.490. The molecule has 2 saturated heterocycles. The standard InChI is InChI=1S/C11H19FN2O2/c12-3-1-8-7-14(4-2-10(8)15)11(16)9-5-13-6-9/h8-10,13,15H,1-7H2/t8-,10+/m0/s1. The van der Waals surface area contributed by atoms with Crippen molar-refractivity contribution in [2.45, 2.75) is 18.9 Å². The maximum Gasteiger partial charge on any atom is 0.228 e. The van der Waals surface area contributed by atoms with Crippen LogP contribution in [0.1, 0.15) is 12.8 Å². The minimum atomic E-state index is -0.445. The van der Waals surface area contributed by atoms with Crippen LogP contribution in [0.15, 0.2) is 0 Å². The molecule has 4 nitrogen and oxygen atoms in total. The van der Waals surface area contributed by atoms with Crippen LogP contribution in [0.25, 0.3) is 0 Å². The lowest BCUT2D eigenvalue weighted by Crippen LogP contribution is -2.55. The van der Waals surface area contributed by atoms with Gasteiger partial charge in [0, 0.05) is 32.1 Å². The molecule has 92 valence electrons. The van der Waals surface area contributed by atoms with Gasteiger partial charge in [-0.2, -0.15) is 0 Å². The molecule has 2 fully saturated rings. The number of piperidine rings is 1. The predicted molar refractivity (Wildman–Crippen MR) is 57.6 cm³/mol. The molecule has 0 aromatic heterocycles. The van der Waals surface area contributed by atoms with Gasteiger partial charge in [-0.1, -0.05) is 0 Å². The Balaban J connectivity index is 1.88. The molecule has 2 rings (SSSR count). The largest absolute Gasteiger partial charge is 0.393 e. The van der Waals surface area contributed by atoms with Crippen LogP contribution < -0.4 is 5.32 Å². The summed E-state index contributed by atoms with van der Waals surface area (Å²) in [4.78, 5) is 13.7. The lowest BCUT2D eigenvalue weighted by atomic mass is 9.90. The number of carbonyl (C=O) groups is 1. The Hall–Kier alpha value is -0.680. The van der Waals surface area contributed by atoms with Gasteiger partial charge in [0.2, 0.25) is 5.91 Å². The van der Waals surface area contributed by atoms with Gasteiger partial charge in [-0.3, -0.25) is 9.18 Å². The zero-order valence-corrected chi connectivity index (χ0v) is 9.36. The molecule has 0 spiro atoms.